The summed E-state index contributed by atoms with van der Waals surface area (Å²) in [7, 11) is -3.74. The van der Waals surface area contributed by atoms with Crippen LogP contribution >= 0.6 is 0 Å². The molecule has 1 aromatic heterocycles. The van der Waals surface area contributed by atoms with Crippen molar-refractivity contribution in [2.24, 2.45) is 5.92 Å². The maximum atomic E-state index is 12.9. The summed E-state index contributed by atoms with van der Waals surface area (Å²) >= 11 is 0. The van der Waals surface area contributed by atoms with E-state index < -0.39 is 15.8 Å². The van der Waals surface area contributed by atoms with Crippen LogP contribution in [0.1, 0.15) is 12.8 Å². The van der Waals surface area contributed by atoms with E-state index in [1.807, 2.05) is 0 Å². The molecule has 0 spiro atoms. The third-order valence-corrected chi connectivity index (χ3v) is 5.19. The first-order valence-corrected chi connectivity index (χ1v) is 8.90. The van der Waals surface area contributed by atoms with Gasteiger partial charge in [0.2, 0.25) is 0 Å². The zero-order valence-electron chi connectivity index (χ0n) is 12.5. The normalized spacial score (nSPS) is 16.4. The van der Waals surface area contributed by atoms with E-state index in [9.17, 15) is 12.8 Å². The lowest BCUT2D eigenvalue weighted by molar-refractivity contribution is 0.0601. The lowest BCUT2D eigenvalue weighted by Gasteiger charge is -2.21. The summed E-state index contributed by atoms with van der Waals surface area (Å²) in [5.74, 6) is 0.0124. The van der Waals surface area contributed by atoms with Gasteiger partial charge in [0.05, 0.1) is 16.8 Å². The highest BCUT2D eigenvalue weighted by Gasteiger charge is 2.17. The highest BCUT2D eigenvalue weighted by molar-refractivity contribution is 7.92. The number of hydrogen-bond donors (Lipinski definition) is 1. The molecule has 2 aromatic rings. The van der Waals surface area contributed by atoms with Gasteiger partial charge in [0, 0.05) is 26.0 Å². The molecule has 0 unspecified atom stereocenters. The quantitative estimate of drug-likeness (QED) is 0.907. The van der Waals surface area contributed by atoms with E-state index in [1.54, 1.807) is 10.9 Å². The Morgan fingerprint density at radius 2 is 1.96 bits per heavy atom. The Morgan fingerprint density at radius 1 is 1.26 bits per heavy atom. The van der Waals surface area contributed by atoms with Crippen LogP contribution in [0, 0.1) is 11.7 Å². The predicted molar refractivity (Wildman–Crippen MR) is 83.0 cm³/mol. The van der Waals surface area contributed by atoms with Gasteiger partial charge in [0.15, 0.2) is 0 Å². The summed E-state index contributed by atoms with van der Waals surface area (Å²) in [6, 6.07) is 4.68. The fourth-order valence-corrected chi connectivity index (χ4v) is 3.57. The molecule has 0 radical (unpaired) electrons. The van der Waals surface area contributed by atoms with Gasteiger partial charge >= 0.3 is 0 Å². The number of nitrogens with zero attached hydrogens (tertiary/aromatic N) is 2. The Balaban J connectivity index is 1.67. The first-order valence-electron chi connectivity index (χ1n) is 7.41. The Bertz CT molecular complexity index is 753. The maximum absolute atomic E-state index is 12.9. The first-order chi connectivity index (χ1) is 11.0. The molecule has 0 aliphatic carbocycles. The van der Waals surface area contributed by atoms with Crippen LogP contribution in [0.2, 0.25) is 0 Å². The molecule has 2 heterocycles. The highest BCUT2D eigenvalue weighted by atomic mass is 32.2. The summed E-state index contributed by atoms with van der Waals surface area (Å²) in [5, 5.41) is 4.19. The number of sulfonamides is 1. The van der Waals surface area contributed by atoms with Gasteiger partial charge in [-0.2, -0.15) is 5.10 Å². The van der Waals surface area contributed by atoms with Crippen LogP contribution in [0.3, 0.4) is 0 Å². The van der Waals surface area contributed by atoms with Crippen LogP contribution in [0.5, 0.6) is 0 Å². The second kappa shape index (κ2) is 6.67. The number of aromatic nitrogens is 2. The molecule has 124 valence electrons. The summed E-state index contributed by atoms with van der Waals surface area (Å²) in [5.41, 5.74) is 0.390. The predicted octanol–water partition coefficient (Wildman–Crippen LogP) is 2.25. The van der Waals surface area contributed by atoms with Gasteiger partial charge in [-0.15, -0.1) is 0 Å². The molecule has 23 heavy (non-hydrogen) atoms. The topological polar surface area (TPSA) is 73.2 Å². The van der Waals surface area contributed by atoms with Crippen LogP contribution in [-0.2, 0) is 21.3 Å². The number of anilines is 1. The maximum Gasteiger partial charge on any atom is 0.261 e. The smallest absolute Gasteiger partial charge is 0.261 e. The fraction of sp³-hybridized carbons (Fsp3) is 0.400. The standard InChI is InChI=1S/C15H18FN3O3S/c16-13-1-3-15(4-2-13)23(20,21)18-14-9-17-19(11-14)10-12-5-7-22-8-6-12/h1-4,9,11-12,18H,5-8,10H2. The van der Waals surface area contributed by atoms with Crippen molar-refractivity contribution in [1.29, 1.82) is 0 Å². The van der Waals surface area contributed by atoms with Gasteiger partial charge in [-0.25, -0.2) is 12.8 Å². The summed E-state index contributed by atoms with van der Waals surface area (Å²) in [6.45, 7) is 2.26. The highest BCUT2D eigenvalue weighted by Crippen LogP contribution is 2.19. The van der Waals surface area contributed by atoms with Gasteiger partial charge in [0.1, 0.15) is 5.82 Å². The Morgan fingerprint density at radius 3 is 2.65 bits per heavy atom. The van der Waals surface area contributed by atoms with Crippen molar-refractivity contribution in [1.82, 2.24) is 9.78 Å². The first kappa shape index (κ1) is 15.9. The van der Waals surface area contributed by atoms with Crippen LogP contribution in [0.4, 0.5) is 10.1 Å². The zero-order valence-corrected chi connectivity index (χ0v) is 13.3. The van der Waals surface area contributed by atoms with Crippen molar-refractivity contribution in [3.63, 3.8) is 0 Å². The molecule has 1 saturated heterocycles. The van der Waals surface area contributed by atoms with Crippen molar-refractivity contribution in [2.45, 2.75) is 24.3 Å². The van der Waals surface area contributed by atoms with Crippen LogP contribution in [0.15, 0.2) is 41.6 Å². The third-order valence-electron chi connectivity index (χ3n) is 3.80. The molecule has 1 fully saturated rings. The molecule has 8 heteroatoms. The van der Waals surface area contributed by atoms with Crippen molar-refractivity contribution in [3.8, 4) is 0 Å². The minimum Gasteiger partial charge on any atom is -0.381 e. The van der Waals surface area contributed by atoms with Crippen LogP contribution < -0.4 is 4.72 Å². The van der Waals surface area contributed by atoms with Crippen molar-refractivity contribution in [3.05, 3.63) is 42.5 Å². The molecule has 0 saturated carbocycles. The van der Waals surface area contributed by atoms with Gasteiger partial charge < -0.3 is 4.74 Å². The lowest BCUT2D eigenvalue weighted by Crippen LogP contribution is -2.20. The lowest BCUT2D eigenvalue weighted by atomic mass is 10.0. The molecular formula is C15H18FN3O3S. The number of ether oxygens (including phenoxy) is 1. The number of halogens is 1. The van der Waals surface area contributed by atoms with E-state index in [-0.39, 0.29) is 4.90 Å². The zero-order chi connectivity index (χ0) is 16.3. The minimum absolute atomic E-state index is 0.0103. The number of benzene rings is 1. The SMILES string of the molecule is O=S(=O)(Nc1cnn(CC2CCOCC2)c1)c1ccc(F)cc1. The van der Waals surface area contributed by atoms with E-state index in [0.717, 1.165) is 44.7 Å². The van der Waals surface area contributed by atoms with Crippen LogP contribution in [-0.4, -0.2) is 31.4 Å². The van der Waals surface area contributed by atoms with Gasteiger partial charge in [0.25, 0.3) is 10.0 Å². The fourth-order valence-electron chi connectivity index (χ4n) is 2.54. The second-order valence-corrected chi connectivity index (χ2v) is 7.25. The van der Waals surface area contributed by atoms with Crippen molar-refractivity contribution in [2.75, 3.05) is 17.9 Å². The van der Waals surface area contributed by atoms with Gasteiger partial charge in [-0.05, 0) is 43.0 Å². The van der Waals surface area contributed by atoms with Crippen molar-refractivity contribution >= 4 is 15.7 Å². The number of hydrogen-bond acceptors (Lipinski definition) is 4. The third kappa shape index (κ3) is 4.08. The average molecular weight is 339 g/mol. The molecular weight excluding hydrogens is 321 g/mol. The summed E-state index contributed by atoms with van der Waals surface area (Å²) < 4.78 is 46.8. The number of rotatable bonds is 5. The Kier molecular flexibility index (Phi) is 4.63. The molecule has 1 aromatic carbocycles. The average Bonchev–Trinajstić information content (AvgIpc) is 2.95. The Labute approximate surface area is 134 Å². The largest absolute Gasteiger partial charge is 0.381 e. The van der Waals surface area contributed by atoms with Crippen molar-refractivity contribution < 1.29 is 17.5 Å². The van der Waals surface area contributed by atoms with E-state index in [1.165, 1.54) is 18.3 Å². The van der Waals surface area contributed by atoms with Crippen LogP contribution in [0.25, 0.3) is 0 Å². The molecule has 1 N–H and O–H groups in total. The molecule has 0 amide bonds. The van der Waals surface area contributed by atoms with E-state index in [4.69, 9.17) is 4.74 Å². The molecule has 1 aliphatic rings. The molecule has 6 nitrogen and oxygen atoms in total. The Hall–Kier alpha value is -1.93. The van der Waals surface area contributed by atoms with E-state index >= 15 is 0 Å². The molecule has 3 rings (SSSR count). The second-order valence-electron chi connectivity index (χ2n) is 5.57. The number of nitrogens with one attached hydrogen (secondary N) is 1. The minimum atomic E-state index is -3.74. The molecule has 0 atom stereocenters. The van der Waals surface area contributed by atoms with Gasteiger partial charge in [-0.3, -0.25) is 9.40 Å². The molecule has 1 aliphatic heterocycles. The van der Waals surface area contributed by atoms with E-state index in [0.29, 0.717) is 11.6 Å². The summed E-state index contributed by atoms with van der Waals surface area (Å²) in [6.07, 6.45) is 5.10. The van der Waals surface area contributed by atoms with E-state index in [2.05, 4.69) is 9.82 Å². The molecule has 0 bridgehead atoms. The monoisotopic (exact) mass is 339 g/mol. The summed E-state index contributed by atoms with van der Waals surface area (Å²) in [4.78, 5) is 0.0103. The van der Waals surface area contributed by atoms with Gasteiger partial charge in [-0.1, -0.05) is 0 Å².